The van der Waals surface area contributed by atoms with Crippen LogP contribution in [0.5, 0.6) is 0 Å². The summed E-state index contributed by atoms with van der Waals surface area (Å²) in [6.07, 6.45) is 0.572. The lowest BCUT2D eigenvalue weighted by molar-refractivity contribution is -0.126. The second-order valence-corrected chi connectivity index (χ2v) is 4.08. The highest BCUT2D eigenvalue weighted by Gasteiger charge is 2.25. The second kappa shape index (κ2) is 5.07. The monoisotopic (exact) mass is 224 g/mol. The van der Waals surface area contributed by atoms with Crippen LogP contribution in [-0.4, -0.2) is 11.4 Å². The number of benzene rings is 1. The van der Waals surface area contributed by atoms with Crippen LogP contribution in [0, 0.1) is 5.82 Å². The van der Waals surface area contributed by atoms with E-state index in [0.29, 0.717) is 13.0 Å². The number of hydrogen-bond donors (Lipinski definition) is 2. The van der Waals surface area contributed by atoms with Crippen LogP contribution in [0.1, 0.15) is 25.8 Å². The molecule has 3 N–H and O–H groups in total. The van der Waals surface area contributed by atoms with Gasteiger partial charge in [0.05, 0.1) is 5.54 Å². The van der Waals surface area contributed by atoms with E-state index < -0.39 is 5.54 Å². The molecule has 0 aliphatic carbocycles. The Morgan fingerprint density at radius 2 is 2.00 bits per heavy atom. The van der Waals surface area contributed by atoms with Gasteiger partial charge in [0.2, 0.25) is 5.91 Å². The molecule has 0 aromatic heterocycles. The minimum absolute atomic E-state index is 0.195. The van der Waals surface area contributed by atoms with E-state index in [9.17, 15) is 9.18 Å². The Morgan fingerprint density at radius 3 is 2.50 bits per heavy atom. The summed E-state index contributed by atoms with van der Waals surface area (Å²) in [5, 5.41) is 2.72. The molecule has 0 saturated carbocycles. The van der Waals surface area contributed by atoms with Crippen LogP contribution >= 0.6 is 0 Å². The third-order valence-electron chi connectivity index (χ3n) is 2.62. The van der Waals surface area contributed by atoms with Gasteiger partial charge in [-0.25, -0.2) is 4.39 Å². The predicted molar refractivity (Wildman–Crippen MR) is 61.1 cm³/mol. The summed E-state index contributed by atoms with van der Waals surface area (Å²) in [6.45, 7) is 3.91. The van der Waals surface area contributed by atoms with Crippen molar-refractivity contribution in [3.8, 4) is 0 Å². The zero-order valence-corrected chi connectivity index (χ0v) is 9.59. The zero-order chi connectivity index (χ0) is 12.2. The van der Waals surface area contributed by atoms with E-state index in [0.717, 1.165) is 5.56 Å². The molecular weight excluding hydrogens is 207 g/mol. The van der Waals surface area contributed by atoms with Crippen LogP contribution in [0.25, 0.3) is 0 Å². The molecule has 88 valence electrons. The van der Waals surface area contributed by atoms with Crippen LogP contribution in [0.3, 0.4) is 0 Å². The fourth-order valence-corrected chi connectivity index (χ4v) is 1.15. The largest absolute Gasteiger partial charge is 0.350 e. The van der Waals surface area contributed by atoms with Crippen molar-refractivity contribution in [2.45, 2.75) is 32.4 Å². The number of halogens is 1. The molecule has 1 aromatic rings. The lowest BCUT2D eigenvalue weighted by atomic mass is 9.99. The molecule has 0 saturated heterocycles. The van der Waals surface area contributed by atoms with Crippen LogP contribution in [0.4, 0.5) is 4.39 Å². The molecule has 0 bridgehead atoms. The third-order valence-corrected chi connectivity index (χ3v) is 2.62. The molecule has 0 spiro atoms. The van der Waals surface area contributed by atoms with E-state index in [-0.39, 0.29) is 11.7 Å². The van der Waals surface area contributed by atoms with Gasteiger partial charge in [0.15, 0.2) is 0 Å². The van der Waals surface area contributed by atoms with Crippen molar-refractivity contribution in [2.24, 2.45) is 5.73 Å². The topological polar surface area (TPSA) is 55.1 Å². The van der Waals surface area contributed by atoms with E-state index in [2.05, 4.69) is 5.32 Å². The van der Waals surface area contributed by atoms with E-state index in [1.54, 1.807) is 19.1 Å². The molecule has 0 fully saturated rings. The summed E-state index contributed by atoms with van der Waals surface area (Å²) < 4.78 is 12.6. The summed E-state index contributed by atoms with van der Waals surface area (Å²) in [5.41, 5.74) is 5.78. The summed E-state index contributed by atoms with van der Waals surface area (Å²) in [5.74, 6) is -0.480. The fraction of sp³-hybridized carbons (Fsp3) is 0.417. The highest BCUT2D eigenvalue weighted by molar-refractivity contribution is 5.85. The van der Waals surface area contributed by atoms with Gasteiger partial charge < -0.3 is 11.1 Å². The SMILES string of the molecule is CCC(C)(N)C(=O)NCc1ccc(F)cc1. The van der Waals surface area contributed by atoms with E-state index in [1.807, 2.05) is 6.92 Å². The first-order valence-corrected chi connectivity index (χ1v) is 5.27. The van der Waals surface area contributed by atoms with Gasteiger partial charge in [-0.15, -0.1) is 0 Å². The number of nitrogens with one attached hydrogen (secondary N) is 1. The maximum atomic E-state index is 12.6. The number of hydrogen-bond acceptors (Lipinski definition) is 2. The predicted octanol–water partition coefficient (Wildman–Crippen LogP) is 1.57. The van der Waals surface area contributed by atoms with Crippen LogP contribution in [0.2, 0.25) is 0 Å². The number of carbonyl (C=O) groups excluding carboxylic acids is 1. The first kappa shape index (κ1) is 12.6. The summed E-state index contributed by atoms with van der Waals surface area (Å²) in [6, 6.07) is 6.00. The van der Waals surface area contributed by atoms with Crippen LogP contribution in [-0.2, 0) is 11.3 Å². The van der Waals surface area contributed by atoms with Crippen molar-refractivity contribution in [3.63, 3.8) is 0 Å². The quantitative estimate of drug-likeness (QED) is 0.815. The Balaban J connectivity index is 2.52. The Morgan fingerprint density at radius 1 is 1.44 bits per heavy atom. The minimum Gasteiger partial charge on any atom is -0.350 e. The van der Waals surface area contributed by atoms with Crippen molar-refractivity contribution in [1.29, 1.82) is 0 Å². The molecular formula is C12H17FN2O. The first-order chi connectivity index (χ1) is 7.45. The first-order valence-electron chi connectivity index (χ1n) is 5.27. The van der Waals surface area contributed by atoms with Crippen molar-refractivity contribution in [2.75, 3.05) is 0 Å². The Bertz CT molecular complexity index is 360. The van der Waals surface area contributed by atoms with Crippen molar-refractivity contribution in [3.05, 3.63) is 35.6 Å². The summed E-state index contributed by atoms with van der Waals surface area (Å²) >= 11 is 0. The summed E-state index contributed by atoms with van der Waals surface area (Å²) in [4.78, 5) is 11.6. The smallest absolute Gasteiger partial charge is 0.240 e. The molecule has 0 radical (unpaired) electrons. The van der Waals surface area contributed by atoms with Gasteiger partial charge in [0.25, 0.3) is 0 Å². The fourth-order valence-electron chi connectivity index (χ4n) is 1.15. The molecule has 1 atom stereocenters. The summed E-state index contributed by atoms with van der Waals surface area (Å²) in [7, 11) is 0. The maximum Gasteiger partial charge on any atom is 0.240 e. The number of carbonyl (C=O) groups is 1. The maximum absolute atomic E-state index is 12.6. The van der Waals surface area contributed by atoms with E-state index in [1.165, 1.54) is 12.1 Å². The normalized spacial score (nSPS) is 14.2. The highest BCUT2D eigenvalue weighted by atomic mass is 19.1. The van der Waals surface area contributed by atoms with Crippen molar-refractivity contribution in [1.82, 2.24) is 5.32 Å². The van der Waals surface area contributed by atoms with Gasteiger partial charge in [-0.2, -0.15) is 0 Å². The number of rotatable bonds is 4. The minimum atomic E-state index is -0.847. The number of amides is 1. The molecule has 1 amide bonds. The molecule has 4 heteroatoms. The lowest BCUT2D eigenvalue weighted by Gasteiger charge is -2.21. The second-order valence-electron chi connectivity index (χ2n) is 4.08. The zero-order valence-electron chi connectivity index (χ0n) is 9.59. The average molecular weight is 224 g/mol. The molecule has 1 unspecified atom stereocenters. The molecule has 3 nitrogen and oxygen atoms in total. The van der Waals surface area contributed by atoms with Gasteiger partial charge in [-0.1, -0.05) is 19.1 Å². The molecule has 0 heterocycles. The average Bonchev–Trinajstić information content (AvgIpc) is 2.28. The standard InChI is InChI=1S/C12H17FN2O/c1-3-12(2,14)11(16)15-8-9-4-6-10(13)7-5-9/h4-7H,3,8,14H2,1-2H3,(H,15,16). The van der Waals surface area contributed by atoms with Crippen LogP contribution < -0.4 is 11.1 Å². The van der Waals surface area contributed by atoms with E-state index in [4.69, 9.17) is 5.73 Å². The molecule has 16 heavy (non-hydrogen) atoms. The van der Waals surface area contributed by atoms with Crippen molar-refractivity contribution < 1.29 is 9.18 Å². The van der Waals surface area contributed by atoms with Gasteiger partial charge in [0.1, 0.15) is 5.82 Å². The van der Waals surface area contributed by atoms with Gasteiger partial charge >= 0.3 is 0 Å². The molecule has 0 aliphatic heterocycles. The Labute approximate surface area is 94.8 Å². The van der Waals surface area contributed by atoms with Crippen LogP contribution in [0.15, 0.2) is 24.3 Å². The Hall–Kier alpha value is -1.42. The van der Waals surface area contributed by atoms with Gasteiger partial charge in [0, 0.05) is 6.54 Å². The third kappa shape index (κ3) is 3.31. The van der Waals surface area contributed by atoms with Crippen molar-refractivity contribution >= 4 is 5.91 Å². The lowest BCUT2D eigenvalue weighted by Crippen LogP contribution is -2.50. The van der Waals surface area contributed by atoms with Gasteiger partial charge in [-0.05, 0) is 31.0 Å². The molecule has 1 rings (SSSR count). The molecule has 1 aromatic carbocycles. The Kier molecular flexibility index (Phi) is 4.01. The highest BCUT2D eigenvalue weighted by Crippen LogP contribution is 2.06. The number of nitrogens with two attached hydrogens (primary N) is 1. The molecule has 0 aliphatic rings. The van der Waals surface area contributed by atoms with E-state index >= 15 is 0 Å². The van der Waals surface area contributed by atoms with Gasteiger partial charge in [-0.3, -0.25) is 4.79 Å².